The van der Waals surface area contributed by atoms with E-state index in [9.17, 15) is 30.0 Å². The number of nitrogens with one attached hydrogen (secondary N) is 1. The third kappa shape index (κ3) is 5.67. The molecule has 14 nitrogen and oxygen atoms in total. The van der Waals surface area contributed by atoms with Crippen molar-refractivity contribution in [3.05, 3.63) is 0 Å². The van der Waals surface area contributed by atoms with Crippen LogP contribution in [0.1, 0.15) is 6.92 Å². The van der Waals surface area contributed by atoms with Crippen molar-refractivity contribution in [3.8, 4) is 0 Å². The van der Waals surface area contributed by atoms with E-state index in [1.807, 2.05) is 0 Å². The summed E-state index contributed by atoms with van der Waals surface area (Å²) < 4.78 is 31.6. The summed E-state index contributed by atoms with van der Waals surface area (Å²) in [5, 5.41) is 43.2. The van der Waals surface area contributed by atoms with Gasteiger partial charge in [-0.05, 0) is 0 Å². The van der Waals surface area contributed by atoms with Crippen LogP contribution < -0.4 is 11.1 Å². The number of amides is 1. The maximum Gasteiger partial charge on any atom is 0.339 e. The topological polar surface area (TPSA) is 208 Å². The third-order valence-electron chi connectivity index (χ3n) is 5.02. The number of esters is 1. The van der Waals surface area contributed by atoms with Crippen LogP contribution in [0.2, 0.25) is 0 Å². The average molecular weight is 454 g/mol. The summed E-state index contributed by atoms with van der Waals surface area (Å²) in [7, 11) is 2.47. The largest absolute Gasteiger partial charge is 0.448 e. The Bertz CT molecular complexity index is 610. The molecule has 2 rings (SSSR count). The number of aliphatic hydroxyl groups excluding tert-OH is 4. The second-order valence-electron chi connectivity index (χ2n) is 7.02. The molecular weight excluding hydrogens is 424 g/mol. The summed E-state index contributed by atoms with van der Waals surface area (Å²) in [5.74, 6) is -1.52. The van der Waals surface area contributed by atoms with Gasteiger partial charge in [0.25, 0.3) is 0 Å². The molecular formula is C17H30N2O12. The molecule has 0 bridgehead atoms. The SMILES string of the molecule is COC1OC(C(=O)OCN)[C@@H](O[C@@H]2OC(CO)C(O)[C@H](OC)C2NC(C)=O)C(O)C1O. The fourth-order valence-electron chi connectivity index (χ4n) is 3.55. The van der Waals surface area contributed by atoms with Crippen molar-refractivity contribution in [2.45, 2.75) is 68.3 Å². The number of carbonyl (C=O) groups is 2. The number of hydrogen-bond donors (Lipinski definition) is 6. The Morgan fingerprint density at radius 1 is 1.00 bits per heavy atom. The van der Waals surface area contributed by atoms with E-state index in [1.165, 1.54) is 21.1 Å². The fourth-order valence-corrected chi connectivity index (χ4v) is 3.55. The molecule has 0 aliphatic carbocycles. The van der Waals surface area contributed by atoms with Gasteiger partial charge < -0.3 is 54.2 Å². The van der Waals surface area contributed by atoms with Crippen LogP contribution in [0.3, 0.4) is 0 Å². The first-order chi connectivity index (χ1) is 14.7. The molecule has 14 heteroatoms. The van der Waals surface area contributed by atoms with Crippen molar-refractivity contribution in [1.82, 2.24) is 5.32 Å². The van der Waals surface area contributed by atoms with Gasteiger partial charge in [0.05, 0.1) is 6.61 Å². The van der Waals surface area contributed by atoms with Crippen molar-refractivity contribution in [3.63, 3.8) is 0 Å². The Morgan fingerprint density at radius 2 is 1.68 bits per heavy atom. The Morgan fingerprint density at radius 3 is 2.19 bits per heavy atom. The molecule has 2 aliphatic heterocycles. The Kier molecular flexibility index (Phi) is 9.50. The second kappa shape index (κ2) is 11.4. The van der Waals surface area contributed by atoms with E-state index >= 15 is 0 Å². The Balaban J connectivity index is 2.35. The van der Waals surface area contributed by atoms with Crippen molar-refractivity contribution in [2.24, 2.45) is 5.73 Å². The molecule has 0 aromatic rings. The molecule has 0 spiro atoms. The minimum Gasteiger partial charge on any atom is -0.448 e. The van der Waals surface area contributed by atoms with E-state index in [-0.39, 0.29) is 0 Å². The van der Waals surface area contributed by atoms with Gasteiger partial charge >= 0.3 is 5.97 Å². The van der Waals surface area contributed by atoms with E-state index in [2.05, 4.69) is 5.32 Å². The molecule has 31 heavy (non-hydrogen) atoms. The van der Waals surface area contributed by atoms with Crippen molar-refractivity contribution in [2.75, 3.05) is 27.6 Å². The smallest absolute Gasteiger partial charge is 0.339 e. The van der Waals surface area contributed by atoms with Crippen molar-refractivity contribution < 1.29 is 58.4 Å². The standard InChI is InChI=1S/C17H30N2O12/c1-6(21)19-8-12(26-2)9(22)7(4-20)29-16(8)30-13-10(23)11(24)17(27-3)31-14(13)15(25)28-5-18/h7-14,16-17,20,22-24H,4-5,18H2,1-3H3,(H,19,21)/t7?,8?,9?,10?,11?,12-,13+,14?,16+,17?/m1/s1. The van der Waals surface area contributed by atoms with E-state index in [0.29, 0.717) is 0 Å². The quantitative estimate of drug-likeness (QED) is 0.151. The molecule has 2 aliphatic rings. The van der Waals surface area contributed by atoms with Gasteiger partial charge in [0.15, 0.2) is 18.7 Å². The second-order valence-corrected chi connectivity index (χ2v) is 7.02. The lowest BCUT2D eigenvalue weighted by Gasteiger charge is -2.47. The van der Waals surface area contributed by atoms with Gasteiger partial charge in [0, 0.05) is 21.1 Å². The van der Waals surface area contributed by atoms with E-state index in [0.717, 1.165) is 0 Å². The predicted octanol–water partition coefficient (Wildman–Crippen LogP) is -4.48. The fraction of sp³-hybridized carbons (Fsp3) is 0.882. The van der Waals surface area contributed by atoms with E-state index < -0.39 is 86.6 Å². The van der Waals surface area contributed by atoms with Crippen LogP contribution in [0.15, 0.2) is 0 Å². The van der Waals surface area contributed by atoms with Crippen molar-refractivity contribution >= 4 is 11.9 Å². The van der Waals surface area contributed by atoms with Crippen LogP contribution >= 0.6 is 0 Å². The van der Waals surface area contributed by atoms with E-state index in [1.54, 1.807) is 0 Å². The van der Waals surface area contributed by atoms with Gasteiger partial charge in [0.1, 0.15) is 49.4 Å². The first-order valence-electron chi connectivity index (χ1n) is 9.50. The van der Waals surface area contributed by atoms with Crippen LogP contribution in [-0.2, 0) is 38.0 Å². The van der Waals surface area contributed by atoms with Crippen LogP contribution in [0, 0.1) is 0 Å². The lowest BCUT2D eigenvalue weighted by Crippen LogP contribution is -2.68. The van der Waals surface area contributed by atoms with Crippen LogP contribution in [0.4, 0.5) is 0 Å². The van der Waals surface area contributed by atoms with Gasteiger partial charge in [-0.2, -0.15) is 0 Å². The van der Waals surface area contributed by atoms with E-state index in [4.69, 9.17) is 34.2 Å². The first kappa shape index (κ1) is 25.8. The molecule has 0 aromatic heterocycles. The highest BCUT2D eigenvalue weighted by molar-refractivity contribution is 5.76. The molecule has 10 atom stereocenters. The zero-order valence-electron chi connectivity index (χ0n) is 17.3. The summed E-state index contributed by atoms with van der Waals surface area (Å²) in [5.41, 5.74) is 5.23. The highest BCUT2D eigenvalue weighted by atomic mass is 16.7. The minimum atomic E-state index is -1.71. The van der Waals surface area contributed by atoms with Gasteiger partial charge in [0.2, 0.25) is 5.91 Å². The maximum atomic E-state index is 12.3. The summed E-state index contributed by atoms with van der Waals surface area (Å²) in [6.07, 6.45) is -12.9. The molecule has 180 valence electrons. The Hall–Kier alpha value is -1.46. The van der Waals surface area contributed by atoms with Gasteiger partial charge in [-0.15, -0.1) is 0 Å². The molecule has 2 heterocycles. The molecule has 2 saturated heterocycles. The molecule has 2 fully saturated rings. The zero-order valence-corrected chi connectivity index (χ0v) is 17.3. The number of nitrogens with two attached hydrogens (primary N) is 1. The molecule has 0 saturated carbocycles. The lowest BCUT2D eigenvalue weighted by atomic mass is 9.95. The molecule has 0 radical (unpaired) electrons. The number of methoxy groups -OCH3 is 2. The lowest BCUT2D eigenvalue weighted by molar-refractivity contribution is -0.339. The molecule has 0 aromatic carbocycles. The van der Waals surface area contributed by atoms with Gasteiger partial charge in [-0.25, -0.2) is 4.79 Å². The number of rotatable bonds is 8. The Labute approximate surface area is 178 Å². The summed E-state index contributed by atoms with van der Waals surface area (Å²) >= 11 is 0. The van der Waals surface area contributed by atoms with Crippen LogP contribution in [0.5, 0.6) is 0 Å². The minimum absolute atomic E-state index is 0.485. The normalized spacial score (nSPS) is 40.9. The summed E-state index contributed by atoms with van der Waals surface area (Å²) in [4.78, 5) is 24.0. The predicted molar refractivity (Wildman–Crippen MR) is 97.9 cm³/mol. The van der Waals surface area contributed by atoms with Crippen LogP contribution in [-0.4, -0.2) is 121 Å². The average Bonchev–Trinajstić information content (AvgIpc) is 2.73. The van der Waals surface area contributed by atoms with Crippen LogP contribution in [0.25, 0.3) is 0 Å². The first-order valence-corrected chi connectivity index (χ1v) is 9.50. The molecule has 1 amide bonds. The monoisotopic (exact) mass is 454 g/mol. The molecule has 7 N–H and O–H groups in total. The summed E-state index contributed by atoms with van der Waals surface area (Å²) in [6.45, 7) is 0.103. The highest BCUT2D eigenvalue weighted by Gasteiger charge is 2.53. The van der Waals surface area contributed by atoms with Crippen molar-refractivity contribution in [1.29, 1.82) is 0 Å². The highest BCUT2D eigenvalue weighted by Crippen LogP contribution is 2.30. The maximum absolute atomic E-state index is 12.3. The van der Waals surface area contributed by atoms with Gasteiger partial charge in [-0.1, -0.05) is 0 Å². The zero-order chi connectivity index (χ0) is 23.3. The molecule has 7 unspecified atom stereocenters. The number of carbonyl (C=O) groups excluding carboxylic acids is 2. The number of hydrogen-bond acceptors (Lipinski definition) is 13. The van der Waals surface area contributed by atoms with Gasteiger partial charge in [-0.3, -0.25) is 10.5 Å². The third-order valence-corrected chi connectivity index (χ3v) is 5.02. The number of aliphatic hydroxyl groups is 4. The number of ether oxygens (including phenoxy) is 6. The summed E-state index contributed by atoms with van der Waals surface area (Å²) in [6, 6.07) is -1.11.